The Hall–Kier alpha value is -1.51. The fourth-order valence-electron chi connectivity index (χ4n) is 1.05. The molecule has 0 aliphatic heterocycles. The summed E-state index contributed by atoms with van der Waals surface area (Å²) in [5, 5.41) is 0. The molecule has 0 heterocycles. The van der Waals surface area contributed by atoms with Crippen LogP contribution in [0.3, 0.4) is 0 Å². The lowest BCUT2D eigenvalue weighted by molar-refractivity contribution is -0.145. The van der Waals surface area contributed by atoms with E-state index in [0.717, 1.165) is 5.56 Å². The molecule has 0 atom stereocenters. The van der Waals surface area contributed by atoms with Crippen molar-refractivity contribution in [2.75, 3.05) is 13.2 Å². The Kier molecular flexibility index (Phi) is 14.2. The first-order valence-corrected chi connectivity index (χ1v) is 6.57. The van der Waals surface area contributed by atoms with E-state index in [4.69, 9.17) is 9.47 Å². The first-order chi connectivity index (χ1) is 8.72. The van der Waals surface area contributed by atoms with E-state index >= 15 is 0 Å². The molecule has 0 spiro atoms. The maximum atomic E-state index is 11.0. The van der Waals surface area contributed by atoms with Gasteiger partial charge in [0.05, 0.1) is 6.61 Å². The van der Waals surface area contributed by atoms with Gasteiger partial charge in [-0.1, -0.05) is 39.8 Å². The van der Waals surface area contributed by atoms with Crippen molar-refractivity contribution in [3.8, 4) is 5.75 Å². The normalized spacial score (nSPS) is 8.11. The van der Waals surface area contributed by atoms with Crippen molar-refractivity contribution in [3.63, 3.8) is 0 Å². The van der Waals surface area contributed by atoms with Crippen LogP contribution >= 0.6 is 0 Å². The van der Waals surface area contributed by atoms with Gasteiger partial charge in [-0.3, -0.25) is 0 Å². The van der Waals surface area contributed by atoms with Crippen LogP contribution in [0.15, 0.2) is 24.3 Å². The van der Waals surface area contributed by atoms with Gasteiger partial charge in [0, 0.05) is 0 Å². The topological polar surface area (TPSA) is 35.5 Å². The number of rotatable bonds is 4. The molecule has 0 N–H and O–H groups in total. The highest BCUT2D eigenvalue weighted by Crippen LogP contribution is 2.11. The molecule has 0 saturated carbocycles. The van der Waals surface area contributed by atoms with Crippen LogP contribution in [-0.2, 0) is 9.53 Å². The first kappa shape index (κ1) is 18.8. The number of aryl methyl sites for hydroxylation is 1. The van der Waals surface area contributed by atoms with E-state index in [1.165, 1.54) is 0 Å². The number of carbonyl (C=O) groups excluding carboxylic acids is 1. The molecular weight excluding hydrogens is 228 g/mol. The monoisotopic (exact) mass is 254 g/mol. The Balaban J connectivity index is 0. The lowest BCUT2D eigenvalue weighted by Gasteiger charge is -2.05. The molecule has 0 aliphatic rings. The maximum Gasteiger partial charge on any atom is 0.344 e. The fourth-order valence-corrected chi connectivity index (χ4v) is 1.05. The Morgan fingerprint density at radius 1 is 1.17 bits per heavy atom. The molecule has 0 amide bonds. The third-order valence-electron chi connectivity index (χ3n) is 1.65. The van der Waals surface area contributed by atoms with Gasteiger partial charge >= 0.3 is 5.97 Å². The van der Waals surface area contributed by atoms with Crippen molar-refractivity contribution < 1.29 is 14.3 Å². The van der Waals surface area contributed by atoms with Crippen molar-refractivity contribution in [2.45, 2.75) is 41.5 Å². The van der Waals surface area contributed by atoms with Crippen LogP contribution in [0.4, 0.5) is 0 Å². The summed E-state index contributed by atoms with van der Waals surface area (Å²) in [6.07, 6.45) is 0. The van der Waals surface area contributed by atoms with Crippen molar-refractivity contribution >= 4 is 5.97 Å². The minimum Gasteiger partial charge on any atom is -0.482 e. The maximum absolute atomic E-state index is 11.0. The molecule has 0 bridgehead atoms. The van der Waals surface area contributed by atoms with Crippen LogP contribution in [0, 0.1) is 6.92 Å². The Morgan fingerprint density at radius 2 is 1.78 bits per heavy atom. The number of ether oxygens (including phenoxy) is 2. The molecule has 0 radical (unpaired) electrons. The van der Waals surface area contributed by atoms with Gasteiger partial charge in [0.1, 0.15) is 5.75 Å². The highest BCUT2D eigenvalue weighted by atomic mass is 16.6. The van der Waals surface area contributed by atoms with Gasteiger partial charge in [0.2, 0.25) is 0 Å². The summed E-state index contributed by atoms with van der Waals surface area (Å²) in [7, 11) is 0. The average molecular weight is 254 g/mol. The zero-order chi connectivity index (χ0) is 14.4. The van der Waals surface area contributed by atoms with Crippen molar-refractivity contribution in [1.82, 2.24) is 0 Å². The molecule has 0 aliphatic carbocycles. The van der Waals surface area contributed by atoms with Crippen molar-refractivity contribution in [2.24, 2.45) is 0 Å². The second-order valence-electron chi connectivity index (χ2n) is 2.91. The molecular formula is C15H26O3. The van der Waals surface area contributed by atoms with Crippen LogP contribution < -0.4 is 4.74 Å². The first-order valence-electron chi connectivity index (χ1n) is 6.57. The predicted molar refractivity (Wildman–Crippen MR) is 76.0 cm³/mol. The average Bonchev–Trinajstić information content (AvgIpc) is 2.42. The van der Waals surface area contributed by atoms with Gasteiger partial charge in [0.25, 0.3) is 0 Å². The molecule has 0 unspecified atom stereocenters. The van der Waals surface area contributed by atoms with E-state index in [2.05, 4.69) is 0 Å². The fraction of sp³-hybridized carbons (Fsp3) is 0.533. The Bertz CT molecular complexity index is 308. The zero-order valence-electron chi connectivity index (χ0n) is 12.4. The standard InChI is InChI=1S/C11H14O3.2C2H6/c1-3-13-11(12)8-14-10-6-4-5-9(2)7-10;2*1-2/h4-7H,3,8H2,1-2H3;2*1-2H3. The lowest BCUT2D eigenvalue weighted by Crippen LogP contribution is -2.14. The molecule has 1 aromatic rings. The third kappa shape index (κ3) is 9.70. The van der Waals surface area contributed by atoms with Crippen LogP contribution in [0.5, 0.6) is 5.75 Å². The van der Waals surface area contributed by atoms with Crippen LogP contribution in [-0.4, -0.2) is 19.2 Å². The van der Waals surface area contributed by atoms with E-state index in [-0.39, 0.29) is 12.6 Å². The number of hydrogen-bond donors (Lipinski definition) is 0. The molecule has 1 aromatic carbocycles. The molecule has 0 aromatic heterocycles. The van der Waals surface area contributed by atoms with Crippen LogP contribution in [0.2, 0.25) is 0 Å². The van der Waals surface area contributed by atoms with Gasteiger partial charge in [-0.25, -0.2) is 4.79 Å². The van der Waals surface area contributed by atoms with Gasteiger partial charge in [-0.2, -0.15) is 0 Å². The van der Waals surface area contributed by atoms with Gasteiger partial charge in [-0.05, 0) is 31.5 Å². The lowest BCUT2D eigenvalue weighted by atomic mass is 10.2. The van der Waals surface area contributed by atoms with E-state index in [9.17, 15) is 4.79 Å². The smallest absolute Gasteiger partial charge is 0.344 e. The van der Waals surface area contributed by atoms with Gasteiger partial charge < -0.3 is 9.47 Å². The summed E-state index contributed by atoms with van der Waals surface area (Å²) in [5.74, 6) is 0.354. The summed E-state index contributed by atoms with van der Waals surface area (Å²) >= 11 is 0. The molecule has 0 fully saturated rings. The minimum absolute atomic E-state index is 0.0305. The largest absolute Gasteiger partial charge is 0.482 e. The van der Waals surface area contributed by atoms with Crippen LogP contribution in [0.1, 0.15) is 40.2 Å². The third-order valence-corrected chi connectivity index (χ3v) is 1.65. The summed E-state index contributed by atoms with van der Waals surface area (Å²) in [4.78, 5) is 11.0. The molecule has 18 heavy (non-hydrogen) atoms. The van der Waals surface area contributed by atoms with Gasteiger partial charge in [0.15, 0.2) is 6.61 Å². The van der Waals surface area contributed by atoms with Crippen molar-refractivity contribution in [3.05, 3.63) is 29.8 Å². The molecule has 104 valence electrons. The summed E-state index contributed by atoms with van der Waals surface area (Å²) in [5.41, 5.74) is 1.10. The molecule has 3 nitrogen and oxygen atoms in total. The molecule has 1 rings (SSSR count). The highest BCUT2D eigenvalue weighted by Gasteiger charge is 2.02. The number of carbonyl (C=O) groups is 1. The minimum atomic E-state index is -0.339. The van der Waals surface area contributed by atoms with Crippen molar-refractivity contribution in [1.29, 1.82) is 0 Å². The number of hydrogen-bond acceptors (Lipinski definition) is 3. The second-order valence-corrected chi connectivity index (χ2v) is 2.91. The Morgan fingerprint density at radius 3 is 2.28 bits per heavy atom. The Labute approximate surface area is 111 Å². The predicted octanol–water partition coefficient (Wildman–Crippen LogP) is 3.99. The number of benzene rings is 1. The van der Waals surface area contributed by atoms with E-state index < -0.39 is 0 Å². The molecule has 0 saturated heterocycles. The summed E-state index contributed by atoms with van der Waals surface area (Å²) in [6.45, 7) is 12.1. The highest BCUT2D eigenvalue weighted by molar-refractivity contribution is 5.71. The van der Waals surface area contributed by atoms with E-state index in [0.29, 0.717) is 12.4 Å². The van der Waals surface area contributed by atoms with E-state index in [1.807, 2.05) is 58.9 Å². The SMILES string of the molecule is CC.CC.CCOC(=O)COc1cccc(C)c1. The quantitative estimate of drug-likeness (QED) is 0.762. The van der Waals surface area contributed by atoms with Crippen LogP contribution in [0.25, 0.3) is 0 Å². The summed E-state index contributed by atoms with van der Waals surface area (Å²) < 4.78 is 9.96. The zero-order valence-corrected chi connectivity index (χ0v) is 12.4. The number of esters is 1. The second kappa shape index (κ2) is 13.6. The van der Waals surface area contributed by atoms with E-state index in [1.54, 1.807) is 6.92 Å². The summed E-state index contributed by atoms with van der Waals surface area (Å²) in [6, 6.07) is 7.54. The molecule has 3 heteroatoms. The van der Waals surface area contributed by atoms with Gasteiger partial charge in [-0.15, -0.1) is 0 Å².